The summed E-state index contributed by atoms with van der Waals surface area (Å²) in [7, 11) is -3.14. The lowest BCUT2D eigenvalue weighted by molar-refractivity contribution is -0.138. The van der Waals surface area contributed by atoms with Crippen LogP contribution in [0.25, 0.3) is 0 Å². The molecule has 2 heterocycles. The Bertz CT molecular complexity index is 438. The SMILES string of the molecule is CS(=O)(=O)NCCC1CCCCN1C(=O)C1CCNC1.Cl. The number of hydrogen-bond acceptors (Lipinski definition) is 4. The number of halogens is 1. The lowest BCUT2D eigenvalue weighted by Gasteiger charge is -2.37. The van der Waals surface area contributed by atoms with E-state index in [2.05, 4.69) is 10.0 Å². The molecule has 0 radical (unpaired) electrons. The number of hydrogen-bond donors (Lipinski definition) is 2. The third-order valence-electron chi connectivity index (χ3n) is 4.16. The maximum absolute atomic E-state index is 12.5. The highest BCUT2D eigenvalue weighted by molar-refractivity contribution is 7.88. The van der Waals surface area contributed by atoms with E-state index in [0.717, 1.165) is 45.3 Å². The van der Waals surface area contributed by atoms with Crippen molar-refractivity contribution in [2.45, 2.75) is 38.1 Å². The van der Waals surface area contributed by atoms with Gasteiger partial charge in [0.25, 0.3) is 0 Å². The largest absolute Gasteiger partial charge is 0.339 e. The molecule has 6 nitrogen and oxygen atoms in total. The fourth-order valence-corrected chi connectivity index (χ4v) is 3.59. The Hall–Kier alpha value is -0.370. The second kappa shape index (κ2) is 8.31. The Balaban J connectivity index is 0.00000220. The molecule has 2 fully saturated rings. The van der Waals surface area contributed by atoms with Crippen molar-refractivity contribution in [3.8, 4) is 0 Å². The van der Waals surface area contributed by atoms with Gasteiger partial charge in [-0.05, 0) is 38.6 Å². The number of carbonyl (C=O) groups is 1. The summed E-state index contributed by atoms with van der Waals surface area (Å²) in [5, 5.41) is 3.23. The summed E-state index contributed by atoms with van der Waals surface area (Å²) in [5.74, 6) is 0.359. The van der Waals surface area contributed by atoms with Crippen molar-refractivity contribution in [1.82, 2.24) is 14.9 Å². The highest BCUT2D eigenvalue weighted by atomic mass is 35.5. The lowest BCUT2D eigenvalue weighted by atomic mass is 9.96. The minimum absolute atomic E-state index is 0. The van der Waals surface area contributed by atoms with Crippen LogP contribution in [0.3, 0.4) is 0 Å². The van der Waals surface area contributed by atoms with Crippen molar-refractivity contribution < 1.29 is 13.2 Å². The summed E-state index contributed by atoms with van der Waals surface area (Å²) < 4.78 is 24.7. The number of amides is 1. The van der Waals surface area contributed by atoms with Gasteiger partial charge in [-0.3, -0.25) is 4.79 Å². The summed E-state index contributed by atoms with van der Waals surface area (Å²) in [4.78, 5) is 14.5. The first kappa shape index (κ1) is 18.7. The molecule has 2 atom stereocenters. The fourth-order valence-electron chi connectivity index (χ4n) is 3.10. The molecule has 8 heteroatoms. The molecule has 0 saturated carbocycles. The van der Waals surface area contributed by atoms with Crippen molar-refractivity contribution in [1.29, 1.82) is 0 Å². The van der Waals surface area contributed by atoms with Crippen LogP contribution in [-0.2, 0) is 14.8 Å². The van der Waals surface area contributed by atoms with Crippen LogP contribution in [0.5, 0.6) is 0 Å². The molecule has 2 rings (SSSR count). The van der Waals surface area contributed by atoms with E-state index >= 15 is 0 Å². The molecule has 2 aliphatic heterocycles. The standard InChI is InChI=1S/C13H25N3O3S.ClH/c1-20(18,19)15-8-6-12-4-2-3-9-16(12)13(17)11-5-7-14-10-11;/h11-12,14-15H,2-10H2,1H3;1H. The lowest BCUT2D eigenvalue weighted by Crippen LogP contribution is -2.48. The second-order valence-electron chi connectivity index (χ2n) is 5.83. The Kier molecular flexibility index (Phi) is 7.39. The van der Waals surface area contributed by atoms with E-state index in [9.17, 15) is 13.2 Å². The average molecular weight is 340 g/mol. The van der Waals surface area contributed by atoms with Crippen LogP contribution in [-0.4, -0.2) is 57.7 Å². The first-order chi connectivity index (χ1) is 9.47. The molecule has 2 saturated heterocycles. The van der Waals surface area contributed by atoms with Gasteiger partial charge in [-0.15, -0.1) is 12.4 Å². The topological polar surface area (TPSA) is 78.5 Å². The molecule has 1 amide bonds. The number of nitrogens with one attached hydrogen (secondary N) is 2. The first-order valence-corrected chi connectivity index (χ1v) is 9.32. The number of piperidine rings is 1. The highest BCUT2D eigenvalue weighted by Crippen LogP contribution is 2.23. The molecule has 0 spiro atoms. The van der Waals surface area contributed by atoms with Crippen LogP contribution in [0.4, 0.5) is 0 Å². The van der Waals surface area contributed by atoms with Crippen LogP contribution in [0.2, 0.25) is 0 Å². The summed E-state index contributed by atoms with van der Waals surface area (Å²) in [6.45, 7) is 2.93. The maximum atomic E-state index is 12.5. The number of nitrogens with zero attached hydrogens (tertiary/aromatic N) is 1. The molecule has 2 aliphatic rings. The minimum atomic E-state index is -3.14. The molecule has 0 bridgehead atoms. The maximum Gasteiger partial charge on any atom is 0.227 e. The molecule has 2 unspecified atom stereocenters. The quantitative estimate of drug-likeness (QED) is 0.757. The summed E-state index contributed by atoms with van der Waals surface area (Å²) in [5.41, 5.74) is 0. The van der Waals surface area contributed by atoms with Crippen molar-refractivity contribution in [2.24, 2.45) is 5.92 Å². The Morgan fingerprint density at radius 1 is 1.33 bits per heavy atom. The molecular weight excluding hydrogens is 314 g/mol. The summed E-state index contributed by atoms with van der Waals surface area (Å²) >= 11 is 0. The van der Waals surface area contributed by atoms with Crippen LogP contribution < -0.4 is 10.0 Å². The zero-order valence-corrected chi connectivity index (χ0v) is 14.1. The van der Waals surface area contributed by atoms with E-state index in [1.807, 2.05) is 4.90 Å². The van der Waals surface area contributed by atoms with Crippen LogP contribution >= 0.6 is 12.4 Å². The van der Waals surface area contributed by atoms with E-state index in [1.54, 1.807) is 0 Å². The molecule has 0 aliphatic carbocycles. The predicted octanol–water partition coefficient (Wildman–Crippen LogP) is 0.338. The third-order valence-corrected chi connectivity index (χ3v) is 4.89. The fraction of sp³-hybridized carbons (Fsp3) is 0.923. The normalized spacial score (nSPS) is 26.4. The number of likely N-dealkylation sites (tertiary alicyclic amines) is 1. The molecule has 21 heavy (non-hydrogen) atoms. The molecule has 124 valence electrons. The van der Waals surface area contributed by atoms with Crippen LogP contribution in [0.15, 0.2) is 0 Å². The van der Waals surface area contributed by atoms with Crippen molar-refractivity contribution in [3.05, 3.63) is 0 Å². The van der Waals surface area contributed by atoms with Crippen molar-refractivity contribution >= 4 is 28.3 Å². The van der Waals surface area contributed by atoms with Gasteiger partial charge in [0.2, 0.25) is 15.9 Å². The van der Waals surface area contributed by atoms with Gasteiger partial charge in [0.15, 0.2) is 0 Å². The molecule has 0 aromatic carbocycles. The molecule has 2 N–H and O–H groups in total. The Morgan fingerprint density at radius 2 is 2.10 bits per heavy atom. The van der Waals surface area contributed by atoms with Gasteiger partial charge in [0, 0.05) is 25.7 Å². The number of sulfonamides is 1. The van der Waals surface area contributed by atoms with Gasteiger partial charge in [-0.2, -0.15) is 0 Å². The van der Waals surface area contributed by atoms with E-state index in [-0.39, 0.29) is 30.3 Å². The second-order valence-corrected chi connectivity index (χ2v) is 7.66. The Labute approximate surface area is 133 Å². The summed E-state index contributed by atoms with van der Waals surface area (Å²) in [6, 6.07) is 0.186. The predicted molar refractivity (Wildman–Crippen MR) is 85.0 cm³/mol. The van der Waals surface area contributed by atoms with Gasteiger partial charge in [0.1, 0.15) is 0 Å². The van der Waals surface area contributed by atoms with E-state index in [4.69, 9.17) is 0 Å². The first-order valence-electron chi connectivity index (χ1n) is 7.43. The Morgan fingerprint density at radius 3 is 2.71 bits per heavy atom. The number of rotatable bonds is 5. The van der Waals surface area contributed by atoms with E-state index in [0.29, 0.717) is 13.0 Å². The van der Waals surface area contributed by atoms with Gasteiger partial charge in [0.05, 0.1) is 12.2 Å². The van der Waals surface area contributed by atoms with Crippen molar-refractivity contribution in [2.75, 3.05) is 32.4 Å². The highest BCUT2D eigenvalue weighted by Gasteiger charge is 2.32. The van der Waals surface area contributed by atoms with Crippen LogP contribution in [0, 0.1) is 5.92 Å². The molecule has 0 aromatic rings. The van der Waals surface area contributed by atoms with Gasteiger partial charge < -0.3 is 10.2 Å². The smallest absolute Gasteiger partial charge is 0.227 e. The monoisotopic (exact) mass is 339 g/mol. The molecular formula is C13H26ClN3O3S. The van der Waals surface area contributed by atoms with Gasteiger partial charge in [-0.25, -0.2) is 13.1 Å². The summed E-state index contributed by atoms with van der Waals surface area (Å²) in [6.07, 6.45) is 5.96. The third kappa shape index (κ3) is 5.73. The number of carbonyl (C=O) groups excluding carboxylic acids is 1. The van der Waals surface area contributed by atoms with Crippen molar-refractivity contribution in [3.63, 3.8) is 0 Å². The van der Waals surface area contributed by atoms with E-state index in [1.165, 1.54) is 6.26 Å². The van der Waals surface area contributed by atoms with E-state index < -0.39 is 10.0 Å². The molecule has 0 aromatic heterocycles. The average Bonchev–Trinajstić information content (AvgIpc) is 2.91. The zero-order chi connectivity index (χ0) is 14.6. The van der Waals surface area contributed by atoms with Gasteiger partial charge >= 0.3 is 0 Å². The minimum Gasteiger partial charge on any atom is -0.339 e. The zero-order valence-electron chi connectivity index (χ0n) is 12.5. The van der Waals surface area contributed by atoms with Gasteiger partial charge in [-0.1, -0.05) is 0 Å². The van der Waals surface area contributed by atoms with Crippen LogP contribution in [0.1, 0.15) is 32.1 Å².